The molecule has 1 aliphatic carbocycles. The highest BCUT2D eigenvalue weighted by molar-refractivity contribution is 5.85. The third-order valence-corrected chi connectivity index (χ3v) is 13.5. The van der Waals surface area contributed by atoms with Crippen molar-refractivity contribution in [2.45, 2.75) is 141 Å². The van der Waals surface area contributed by atoms with Crippen molar-refractivity contribution in [1.82, 2.24) is 21.3 Å². The molecule has 1 saturated carbocycles. The molecule has 232 valence electrons. The number of carbonyl (C=O) groups is 2. The molecule has 0 spiro atoms. The van der Waals surface area contributed by atoms with Crippen LogP contribution in [0.25, 0.3) is 0 Å². The van der Waals surface area contributed by atoms with E-state index in [1.165, 1.54) is 0 Å². The van der Waals surface area contributed by atoms with Crippen molar-refractivity contribution >= 4 is 11.8 Å². The lowest BCUT2D eigenvalue weighted by atomic mass is 9.76. The number of ketones is 1. The highest BCUT2D eigenvalue weighted by Gasteiger charge is 2.58. The van der Waals surface area contributed by atoms with Gasteiger partial charge < -0.3 is 31.5 Å². The van der Waals surface area contributed by atoms with Gasteiger partial charge >= 0.3 is 5.97 Å². The molecule has 0 aromatic rings. The number of rotatable bonds is 5. The third-order valence-electron chi connectivity index (χ3n) is 13.5. The van der Waals surface area contributed by atoms with Crippen LogP contribution in [-0.2, 0) is 9.59 Å². The van der Waals surface area contributed by atoms with Crippen LogP contribution in [0.3, 0.4) is 0 Å². The molecular formula is C33H56N4O4. The second-order valence-corrected chi connectivity index (χ2v) is 15.3. The van der Waals surface area contributed by atoms with Crippen molar-refractivity contribution in [3.05, 3.63) is 0 Å². The summed E-state index contributed by atoms with van der Waals surface area (Å²) in [4.78, 5) is 25.3. The van der Waals surface area contributed by atoms with E-state index in [1.807, 2.05) is 6.92 Å². The standard InChI is InChI=1S/C33H56N4O4/c1-7-19-14(2)22-13-27-30(18(6)38)16(4)24(35-27)11-23-15(3)20(8-9-29(40)41)32(36-23)21-10-28(39)31-17(5)25(37-33(21)31)12-26(19)34-22/h14-27,30-38H,7-13H2,1-6H3,(H,40,41)/t14?,15-,16?,17?,18?,19?,20-,21?,22?,23?,24?,25?,26?,27?,30?,31?,32?,33?/m0/s1. The minimum atomic E-state index is -0.734. The maximum Gasteiger partial charge on any atom is 0.303 e. The van der Waals surface area contributed by atoms with Crippen LogP contribution in [0.15, 0.2) is 0 Å². The number of aliphatic hydroxyl groups is 1. The van der Waals surface area contributed by atoms with Gasteiger partial charge in [-0.15, -0.1) is 0 Å². The monoisotopic (exact) mass is 572 g/mol. The van der Waals surface area contributed by atoms with Crippen molar-refractivity contribution in [3.63, 3.8) is 0 Å². The molecule has 6 fully saturated rings. The Morgan fingerprint density at radius 2 is 1.37 bits per heavy atom. The first-order chi connectivity index (χ1) is 19.5. The lowest BCUT2D eigenvalue weighted by Gasteiger charge is -2.32. The van der Waals surface area contributed by atoms with Crippen LogP contribution in [-0.4, -0.2) is 76.4 Å². The van der Waals surface area contributed by atoms with Crippen LogP contribution in [0, 0.1) is 53.3 Å². The van der Waals surface area contributed by atoms with Crippen molar-refractivity contribution in [3.8, 4) is 0 Å². The van der Waals surface area contributed by atoms with Gasteiger partial charge in [-0.25, -0.2) is 0 Å². The molecule has 8 heteroatoms. The van der Waals surface area contributed by atoms with E-state index in [0.717, 1.165) is 25.7 Å². The number of carboxylic acid groups (broad SMARTS) is 1. The Labute approximate surface area is 246 Å². The van der Waals surface area contributed by atoms with E-state index in [1.54, 1.807) is 0 Å². The van der Waals surface area contributed by atoms with Crippen molar-refractivity contribution < 1.29 is 19.8 Å². The zero-order chi connectivity index (χ0) is 29.3. The summed E-state index contributed by atoms with van der Waals surface area (Å²) in [7, 11) is 0. The summed E-state index contributed by atoms with van der Waals surface area (Å²) < 4.78 is 0. The fourth-order valence-electron chi connectivity index (χ4n) is 11.4. The normalized spacial score (nSPS) is 53.6. The maximum atomic E-state index is 13.6. The minimum absolute atomic E-state index is 0.0659. The van der Waals surface area contributed by atoms with E-state index >= 15 is 0 Å². The molecule has 6 rings (SSSR count). The highest BCUT2D eigenvalue weighted by Crippen LogP contribution is 2.49. The molecule has 6 N–H and O–H groups in total. The first-order valence-electron chi connectivity index (χ1n) is 17.0. The van der Waals surface area contributed by atoms with Gasteiger partial charge in [0.1, 0.15) is 5.78 Å². The number of aliphatic hydroxyl groups excluding tert-OH is 1. The van der Waals surface area contributed by atoms with Gasteiger partial charge in [0, 0.05) is 73.0 Å². The van der Waals surface area contributed by atoms with Crippen molar-refractivity contribution in [1.29, 1.82) is 0 Å². The number of hydrogen-bond acceptors (Lipinski definition) is 7. The van der Waals surface area contributed by atoms with Gasteiger partial charge in [-0.3, -0.25) is 9.59 Å². The Hall–Kier alpha value is -1.06. The molecule has 0 amide bonds. The maximum absolute atomic E-state index is 13.6. The van der Waals surface area contributed by atoms with Gasteiger partial charge in [-0.2, -0.15) is 0 Å². The summed E-state index contributed by atoms with van der Waals surface area (Å²) in [5.74, 6) is 2.57. The quantitative estimate of drug-likeness (QED) is 0.297. The molecule has 8 nitrogen and oxygen atoms in total. The first kappa shape index (κ1) is 30.0. The van der Waals surface area contributed by atoms with Crippen LogP contribution in [0.1, 0.15) is 86.5 Å². The summed E-state index contributed by atoms with van der Waals surface area (Å²) >= 11 is 0. The van der Waals surface area contributed by atoms with Gasteiger partial charge in [0.25, 0.3) is 0 Å². The molecule has 6 aliphatic rings. The van der Waals surface area contributed by atoms with Crippen LogP contribution in [0.5, 0.6) is 0 Å². The Kier molecular flexibility index (Phi) is 8.38. The summed E-state index contributed by atoms with van der Waals surface area (Å²) in [5.41, 5.74) is 0. The van der Waals surface area contributed by atoms with E-state index in [0.29, 0.717) is 72.4 Å². The molecule has 41 heavy (non-hydrogen) atoms. The van der Waals surface area contributed by atoms with Crippen LogP contribution in [0.4, 0.5) is 0 Å². The lowest BCUT2D eigenvalue weighted by Crippen LogP contribution is -2.48. The van der Waals surface area contributed by atoms with Crippen molar-refractivity contribution in [2.24, 2.45) is 53.3 Å². The number of carboxylic acids is 1. The number of fused-ring (bicyclic) bond motifs is 8. The van der Waals surface area contributed by atoms with E-state index in [9.17, 15) is 19.8 Å². The van der Waals surface area contributed by atoms with E-state index in [4.69, 9.17) is 0 Å². The van der Waals surface area contributed by atoms with Crippen molar-refractivity contribution in [2.75, 3.05) is 0 Å². The molecule has 5 aliphatic heterocycles. The average molecular weight is 573 g/mol. The molecule has 0 aromatic heterocycles. The van der Waals surface area contributed by atoms with Gasteiger partial charge in [0.05, 0.1) is 6.10 Å². The highest BCUT2D eigenvalue weighted by atomic mass is 16.4. The van der Waals surface area contributed by atoms with Gasteiger partial charge in [0.15, 0.2) is 0 Å². The van der Waals surface area contributed by atoms with Gasteiger partial charge in [-0.1, -0.05) is 41.0 Å². The Balaban J connectivity index is 1.35. The van der Waals surface area contributed by atoms with E-state index in [2.05, 4.69) is 55.9 Å². The molecule has 5 saturated heterocycles. The van der Waals surface area contributed by atoms with E-state index in [-0.39, 0.29) is 60.4 Å². The smallest absolute Gasteiger partial charge is 0.303 e. The number of carbonyl (C=O) groups excluding carboxylic acids is 1. The predicted octanol–water partition coefficient (Wildman–Crippen LogP) is 2.79. The number of aliphatic carboxylic acids is 1. The van der Waals surface area contributed by atoms with E-state index < -0.39 is 5.97 Å². The molecule has 16 unspecified atom stereocenters. The predicted molar refractivity (Wildman–Crippen MR) is 159 cm³/mol. The van der Waals surface area contributed by atoms with Gasteiger partial charge in [-0.05, 0) is 74.0 Å². The first-order valence-corrected chi connectivity index (χ1v) is 17.0. The summed E-state index contributed by atoms with van der Waals surface area (Å²) in [6, 6.07) is 2.32. The molecule has 5 heterocycles. The van der Waals surface area contributed by atoms with Crippen LogP contribution >= 0.6 is 0 Å². The molecular weight excluding hydrogens is 516 g/mol. The summed E-state index contributed by atoms with van der Waals surface area (Å²) in [6.07, 6.45) is 5.26. The molecule has 18 atom stereocenters. The largest absolute Gasteiger partial charge is 0.481 e. The third kappa shape index (κ3) is 5.11. The fraction of sp³-hybridized carbons (Fsp3) is 0.939. The lowest BCUT2D eigenvalue weighted by molar-refractivity contribution is -0.137. The zero-order valence-electron chi connectivity index (χ0n) is 26.1. The molecule has 0 radical (unpaired) electrons. The van der Waals surface area contributed by atoms with Crippen LogP contribution in [0.2, 0.25) is 0 Å². The SMILES string of the molecule is CCC1C2CC3NC4C(CC(=O)C4C3C)C3NC(CC4NC(CC(N2)C1C)C(C(C)O)C4C)[C@@H](C)[C@@H]3CCC(=O)O. The summed E-state index contributed by atoms with van der Waals surface area (Å²) in [6.45, 7) is 13.6. The minimum Gasteiger partial charge on any atom is -0.481 e. The number of Topliss-reactive ketones (excluding diaryl/α,β-unsaturated/α-hetero) is 1. The number of hydrogen-bond donors (Lipinski definition) is 6. The second kappa shape index (κ2) is 11.5. The Morgan fingerprint density at radius 1 is 0.805 bits per heavy atom. The molecule has 0 aromatic carbocycles. The summed E-state index contributed by atoms with van der Waals surface area (Å²) in [5, 5.41) is 36.8. The fourth-order valence-corrected chi connectivity index (χ4v) is 11.4. The van der Waals surface area contributed by atoms with Crippen LogP contribution < -0.4 is 21.3 Å². The Morgan fingerprint density at radius 3 is 2.05 bits per heavy atom. The average Bonchev–Trinajstić information content (AvgIpc) is 3.65. The second-order valence-electron chi connectivity index (χ2n) is 15.3. The number of nitrogens with one attached hydrogen (secondary N) is 4. The zero-order valence-corrected chi connectivity index (χ0v) is 26.1. The molecule has 8 bridgehead atoms. The van der Waals surface area contributed by atoms with Gasteiger partial charge in [0.2, 0.25) is 0 Å². The topological polar surface area (TPSA) is 123 Å². The Bertz CT molecular complexity index is 992.